The quantitative estimate of drug-likeness (QED) is 0.606. The second kappa shape index (κ2) is 6.48. The first-order chi connectivity index (χ1) is 8.81. The Morgan fingerprint density at radius 3 is 2.58 bits per heavy atom. The van der Waals surface area contributed by atoms with Crippen molar-refractivity contribution in [1.82, 2.24) is 10.3 Å². The van der Waals surface area contributed by atoms with Crippen LogP contribution in [0.1, 0.15) is 32.5 Å². The number of amides is 1. The van der Waals surface area contributed by atoms with E-state index in [-0.39, 0.29) is 17.6 Å². The Balaban J connectivity index is 2.63. The zero-order valence-corrected chi connectivity index (χ0v) is 11.8. The highest BCUT2D eigenvalue weighted by atomic mass is 32.1. The summed E-state index contributed by atoms with van der Waals surface area (Å²) in [5.74, 6) is -1.28. The van der Waals surface area contributed by atoms with Crippen LogP contribution in [0.3, 0.4) is 0 Å². The van der Waals surface area contributed by atoms with Crippen LogP contribution in [0.25, 0.3) is 0 Å². The molecular weight excluding hydrogens is 268 g/mol. The van der Waals surface area contributed by atoms with Crippen molar-refractivity contribution in [2.24, 2.45) is 5.73 Å². The summed E-state index contributed by atoms with van der Waals surface area (Å²) >= 11 is 1.21. The molecule has 0 spiro atoms. The fourth-order valence-corrected chi connectivity index (χ4v) is 2.12. The van der Waals surface area contributed by atoms with Crippen LogP contribution < -0.4 is 16.4 Å². The molecule has 1 rings (SSSR count). The van der Waals surface area contributed by atoms with Crippen molar-refractivity contribution >= 4 is 28.3 Å². The van der Waals surface area contributed by atoms with Gasteiger partial charge in [0.2, 0.25) is 5.91 Å². The number of thiazole rings is 1. The van der Waals surface area contributed by atoms with Crippen LogP contribution in [-0.2, 0) is 9.59 Å². The topological polar surface area (TPSA) is 117 Å². The average Bonchev–Trinajstić information content (AvgIpc) is 2.75. The van der Waals surface area contributed by atoms with E-state index < -0.39 is 18.1 Å². The van der Waals surface area contributed by atoms with Crippen LogP contribution in [0, 0.1) is 0 Å². The van der Waals surface area contributed by atoms with Gasteiger partial charge in [-0.25, -0.2) is 4.98 Å². The molecule has 0 saturated carbocycles. The summed E-state index contributed by atoms with van der Waals surface area (Å²) in [6.45, 7) is 5.45. The van der Waals surface area contributed by atoms with E-state index in [1.165, 1.54) is 11.3 Å². The molecule has 2 unspecified atom stereocenters. The Bertz CT molecular complexity index is 461. The predicted octanol–water partition coefficient (Wildman–Crippen LogP) is 0.553. The fraction of sp³-hybridized carbons (Fsp3) is 0.545. The lowest BCUT2D eigenvalue weighted by atomic mass is 10.2. The lowest BCUT2D eigenvalue weighted by molar-refractivity contribution is -0.138. The maximum Gasteiger partial charge on any atom is 0.326 e. The summed E-state index contributed by atoms with van der Waals surface area (Å²) in [4.78, 5) is 26.5. The van der Waals surface area contributed by atoms with Gasteiger partial charge in [-0.1, -0.05) is 0 Å². The molecule has 0 aromatic carbocycles. The molecule has 0 aliphatic rings. The third kappa shape index (κ3) is 4.49. The van der Waals surface area contributed by atoms with Crippen LogP contribution in [0.15, 0.2) is 5.38 Å². The third-order valence-corrected chi connectivity index (χ3v) is 3.06. The lowest BCUT2D eigenvalue weighted by Gasteiger charge is -2.15. The van der Waals surface area contributed by atoms with Gasteiger partial charge in [-0.3, -0.25) is 9.59 Å². The summed E-state index contributed by atoms with van der Waals surface area (Å²) < 4.78 is 0. The highest BCUT2D eigenvalue weighted by Gasteiger charge is 2.19. The maximum atomic E-state index is 11.7. The van der Waals surface area contributed by atoms with Crippen molar-refractivity contribution in [1.29, 1.82) is 0 Å². The number of carbonyl (C=O) groups excluding carboxylic acids is 1. The minimum absolute atomic E-state index is 0.0593. The molecule has 19 heavy (non-hydrogen) atoms. The molecule has 1 amide bonds. The summed E-state index contributed by atoms with van der Waals surface area (Å²) in [7, 11) is 0. The molecule has 1 heterocycles. The van der Waals surface area contributed by atoms with E-state index in [2.05, 4.69) is 15.6 Å². The van der Waals surface area contributed by atoms with Gasteiger partial charge in [0.05, 0.1) is 5.69 Å². The van der Waals surface area contributed by atoms with E-state index in [0.717, 1.165) is 0 Å². The molecule has 1 aromatic rings. The molecule has 0 aliphatic carbocycles. The minimum atomic E-state index is -1.15. The van der Waals surface area contributed by atoms with E-state index in [1.807, 2.05) is 13.8 Å². The molecule has 106 valence electrons. The number of aliphatic carboxylic acids is 1. The standard InChI is InChI=1S/C11H18N4O3S/c1-5(2)13-9(16)6(3)14-11-15-7(4-19-11)8(12)10(17)18/h4-6,8H,12H2,1-3H3,(H,13,16)(H,14,15)(H,17,18). The van der Waals surface area contributed by atoms with Crippen LogP contribution in [0.5, 0.6) is 0 Å². The number of rotatable bonds is 6. The molecule has 0 saturated heterocycles. The molecule has 1 aromatic heterocycles. The van der Waals surface area contributed by atoms with Crippen LogP contribution >= 0.6 is 11.3 Å². The lowest BCUT2D eigenvalue weighted by Crippen LogP contribution is -2.40. The Kier molecular flexibility index (Phi) is 5.25. The van der Waals surface area contributed by atoms with Crippen LogP contribution in [0.2, 0.25) is 0 Å². The number of aromatic nitrogens is 1. The molecular formula is C11H18N4O3S. The number of nitrogens with two attached hydrogens (primary N) is 1. The normalized spacial score (nSPS) is 13.9. The van der Waals surface area contributed by atoms with E-state index in [4.69, 9.17) is 10.8 Å². The van der Waals surface area contributed by atoms with Gasteiger partial charge in [-0.2, -0.15) is 0 Å². The number of carboxylic acids is 1. The summed E-state index contributed by atoms with van der Waals surface area (Å²) in [6.07, 6.45) is 0. The number of anilines is 1. The molecule has 2 atom stereocenters. The second-order valence-electron chi connectivity index (χ2n) is 4.42. The summed E-state index contributed by atoms with van der Waals surface area (Å²) in [5.41, 5.74) is 5.72. The Labute approximate surface area is 115 Å². The molecule has 0 radical (unpaired) electrons. The average molecular weight is 286 g/mol. The monoisotopic (exact) mass is 286 g/mol. The summed E-state index contributed by atoms with van der Waals surface area (Å²) in [6, 6.07) is -1.54. The van der Waals surface area contributed by atoms with Gasteiger partial charge in [-0.15, -0.1) is 11.3 Å². The van der Waals surface area contributed by atoms with Gasteiger partial charge in [0.15, 0.2) is 5.13 Å². The van der Waals surface area contributed by atoms with Crippen molar-refractivity contribution in [3.8, 4) is 0 Å². The number of hydrogen-bond acceptors (Lipinski definition) is 6. The SMILES string of the molecule is CC(C)NC(=O)C(C)Nc1nc(C(N)C(=O)O)cs1. The second-order valence-corrected chi connectivity index (χ2v) is 5.28. The highest BCUT2D eigenvalue weighted by molar-refractivity contribution is 7.13. The van der Waals surface area contributed by atoms with Crippen LogP contribution in [-0.4, -0.2) is 34.1 Å². The summed E-state index contributed by atoms with van der Waals surface area (Å²) in [5, 5.41) is 16.5. The zero-order chi connectivity index (χ0) is 14.6. The van der Waals surface area contributed by atoms with Gasteiger partial charge < -0.3 is 21.5 Å². The van der Waals surface area contributed by atoms with Crippen molar-refractivity contribution in [3.05, 3.63) is 11.1 Å². The van der Waals surface area contributed by atoms with E-state index in [9.17, 15) is 9.59 Å². The van der Waals surface area contributed by atoms with Crippen LogP contribution in [0.4, 0.5) is 5.13 Å². The number of nitrogens with one attached hydrogen (secondary N) is 2. The minimum Gasteiger partial charge on any atom is -0.480 e. The Morgan fingerprint density at radius 1 is 1.42 bits per heavy atom. The van der Waals surface area contributed by atoms with E-state index in [0.29, 0.717) is 5.13 Å². The largest absolute Gasteiger partial charge is 0.480 e. The molecule has 0 bridgehead atoms. The Morgan fingerprint density at radius 2 is 2.05 bits per heavy atom. The highest BCUT2D eigenvalue weighted by Crippen LogP contribution is 2.20. The number of carboxylic acid groups (broad SMARTS) is 1. The van der Waals surface area contributed by atoms with E-state index >= 15 is 0 Å². The number of carbonyl (C=O) groups is 2. The Hall–Kier alpha value is -1.67. The van der Waals surface area contributed by atoms with Gasteiger partial charge in [0.1, 0.15) is 12.1 Å². The molecule has 7 nitrogen and oxygen atoms in total. The number of hydrogen-bond donors (Lipinski definition) is 4. The third-order valence-electron chi connectivity index (χ3n) is 2.27. The van der Waals surface area contributed by atoms with Crippen molar-refractivity contribution < 1.29 is 14.7 Å². The van der Waals surface area contributed by atoms with Gasteiger partial charge in [0.25, 0.3) is 0 Å². The fourth-order valence-electron chi connectivity index (χ4n) is 1.28. The zero-order valence-electron chi connectivity index (χ0n) is 11.0. The molecule has 5 N–H and O–H groups in total. The predicted molar refractivity (Wildman–Crippen MR) is 73.0 cm³/mol. The van der Waals surface area contributed by atoms with E-state index in [1.54, 1.807) is 12.3 Å². The van der Waals surface area contributed by atoms with Crippen molar-refractivity contribution in [2.45, 2.75) is 38.9 Å². The molecule has 0 aliphatic heterocycles. The first kappa shape index (κ1) is 15.4. The molecule has 8 heteroatoms. The first-order valence-electron chi connectivity index (χ1n) is 5.82. The smallest absolute Gasteiger partial charge is 0.326 e. The maximum absolute atomic E-state index is 11.7. The van der Waals surface area contributed by atoms with Gasteiger partial charge in [0, 0.05) is 11.4 Å². The van der Waals surface area contributed by atoms with Crippen molar-refractivity contribution in [3.63, 3.8) is 0 Å². The first-order valence-corrected chi connectivity index (χ1v) is 6.70. The van der Waals surface area contributed by atoms with Crippen molar-refractivity contribution in [2.75, 3.05) is 5.32 Å². The molecule has 0 fully saturated rings. The van der Waals surface area contributed by atoms with Gasteiger partial charge >= 0.3 is 5.97 Å². The van der Waals surface area contributed by atoms with Gasteiger partial charge in [-0.05, 0) is 20.8 Å². The number of nitrogens with zero attached hydrogens (tertiary/aromatic N) is 1.